The third-order valence-electron chi connectivity index (χ3n) is 2.05. The van der Waals surface area contributed by atoms with Crippen molar-refractivity contribution in [3.63, 3.8) is 0 Å². The van der Waals surface area contributed by atoms with Crippen molar-refractivity contribution in [1.82, 2.24) is 0 Å². The van der Waals surface area contributed by atoms with Crippen LogP contribution in [-0.2, 0) is 23.9 Å². The minimum Gasteiger partial charge on any atom is -0.468 e. The minimum absolute atomic E-state index is 0.259. The van der Waals surface area contributed by atoms with Gasteiger partial charge < -0.3 is 9.47 Å². The molecule has 0 aliphatic carbocycles. The van der Waals surface area contributed by atoms with Crippen molar-refractivity contribution in [2.24, 2.45) is 11.8 Å². The second kappa shape index (κ2) is 5.36. The molecule has 0 bridgehead atoms. The Labute approximate surface area is 82.4 Å². The van der Waals surface area contributed by atoms with Crippen LogP contribution in [0.25, 0.3) is 0 Å². The zero-order valence-corrected chi connectivity index (χ0v) is 8.70. The molecule has 0 aromatic rings. The van der Waals surface area contributed by atoms with Gasteiger partial charge in [-0.3, -0.25) is 14.4 Å². The molecule has 0 saturated heterocycles. The summed E-state index contributed by atoms with van der Waals surface area (Å²) >= 11 is 0. The van der Waals surface area contributed by atoms with Gasteiger partial charge in [-0.15, -0.1) is 0 Å². The predicted molar refractivity (Wildman–Crippen MR) is 47.4 cm³/mol. The molecule has 0 fully saturated rings. The fourth-order valence-electron chi connectivity index (χ4n) is 0.993. The third-order valence-corrected chi connectivity index (χ3v) is 2.05. The molecular weight excluding hydrogens is 188 g/mol. The first-order valence-corrected chi connectivity index (χ1v) is 4.11. The number of carbonyl (C=O) groups is 3. The lowest BCUT2D eigenvalue weighted by atomic mass is 9.91. The summed E-state index contributed by atoms with van der Waals surface area (Å²) in [4.78, 5) is 33.4. The van der Waals surface area contributed by atoms with Crippen molar-refractivity contribution < 1.29 is 23.9 Å². The first kappa shape index (κ1) is 12.6. The Morgan fingerprint density at radius 1 is 1.00 bits per heavy atom. The van der Waals surface area contributed by atoms with E-state index in [4.69, 9.17) is 0 Å². The molecule has 0 rings (SSSR count). The number of Topliss-reactive ketones (excluding diaryl/α,β-unsaturated/α-hetero) is 1. The monoisotopic (exact) mass is 202 g/mol. The third kappa shape index (κ3) is 2.83. The molecular formula is C9H14O5. The summed E-state index contributed by atoms with van der Waals surface area (Å²) in [5.74, 6) is -3.65. The van der Waals surface area contributed by atoms with Crippen molar-refractivity contribution in [1.29, 1.82) is 0 Å². The quantitative estimate of drug-likeness (QED) is 0.480. The summed E-state index contributed by atoms with van der Waals surface area (Å²) < 4.78 is 8.83. The van der Waals surface area contributed by atoms with Crippen molar-refractivity contribution in [3.05, 3.63) is 0 Å². The summed E-state index contributed by atoms with van der Waals surface area (Å²) in [7, 11) is 2.32. The summed E-state index contributed by atoms with van der Waals surface area (Å²) in [6.07, 6.45) is 0. The van der Waals surface area contributed by atoms with Gasteiger partial charge in [0.2, 0.25) is 0 Å². The smallest absolute Gasteiger partial charge is 0.320 e. The fraction of sp³-hybridized carbons (Fsp3) is 0.667. The van der Waals surface area contributed by atoms with E-state index in [1.165, 1.54) is 13.8 Å². The van der Waals surface area contributed by atoms with E-state index in [9.17, 15) is 14.4 Å². The van der Waals surface area contributed by atoms with E-state index in [-0.39, 0.29) is 5.78 Å². The number of hydrogen-bond acceptors (Lipinski definition) is 5. The second-order valence-corrected chi connectivity index (χ2v) is 2.92. The van der Waals surface area contributed by atoms with Crippen LogP contribution in [0, 0.1) is 11.8 Å². The lowest BCUT2D eigenvalue weighted by molar-refractivity contribution is -0.163. The second-order valence-electron chi connectivity index (χ2n) is 2.92. The summed E-state index contributed by atoms with van der Waals surface area (Å²) in [5, 5.41) is 0. The first-order valence-electron chi connectivity index (χ1n) is 4.11. The van der Waals surface area contributed by atoms with Gasteiger partial charge in [-0.25, -0.2) is 0 Å². The highest BCUT2D eigenvalue weighted by Gasteiger charge is 2.36. The summed E-state index contributed by atoms with van der Waals surface area (Å²) in [6.45, 7) is 2.80. The van der Waals surface area contributed by atoms with Crippen molar-refractivity contribution in [3.8, 4) is 0 Å². The summed E-state index contributed by atoms with van der Waals surface area (Å²) in [5.41, 5.74) is 0. The van der Waals surface area contributed by atoms with E-state index in [2.05, 4.69) is 9.47 Å². The lowest BCUT2D eigenvalue weighted by Crippen LogP contribution is -2.35. The molecule has 0 aliphatic heterocycles. The van der Waals surface area contributed by atoms with Crippen LogP contribution in [0.3, 0.4) is 0 Å². The molecule has 0 N–H and O–H groups in total. The van der Waals surface area contributed by atoms with E-state index in [1.807, 2.05) is 0 Å². The largest absolute Gasteiger partial charge is 0.468 e. The van der Waals surface area contributed by atoms with Crippen molar-refractivity contribution >= 4 is 17.7 Å². The minimum atomic E-state index is -1.16. The Balaban J connectivity index is 4.80. The summed E-state index contributed by atoms with van der Waals surface area (Å²) in [6, 6.07) is 0. The maximum atomic E-state index is 11.2. The van der Waals surface area contributed by atoms with Crippen molar-refractivity contribution in [2.75, 3.05) is 14.2 Å². The topological polar surface area (TPSA) is 69.7 Å². The molecule has 0 radical (unpaired) electrons. The number of ether oxygens (including phenoxy) is 2. The van der Waals surface area contributed by atoms with Gasteiger partial charge in [0.05, 0.1) is 14.2 Å². The van der Waals surface area contributed by atoms with E-state index in [0.717, 1.165) is 14.2 Å². The highest BCUT2D eigenvalue weighted by Crippen LogP contribution is 2.16. The highest BCUT2D eigenvalue weighted by atomic mass is 16.5. The standard InChI is InChI=1S/C9H14O5/c1-5(6(2)10)7(8(11)13-3)9(12)14-4/h5,7H,1-4H3/t5-/m0/s1. The van der Waals surface area contributed by atoms with Gasteiger partial charge in [-0.05, 0) is 6.92 Å². The molecule has 0 saturated carbocycles. The lowest BCUT2D eigenvalue weighted by Gasteiger charge is -2.16. The number of esters is 2. The SMILES string of the molecule is COC(=O)C(C(=O)OC)[C@@H](C)C(C)=O. The Morgan fingerprint density at radius 2 is 1.36 bits per heavy atom. The maximum Gasteiger partial charge on any atom is 0.320 e. The molecule has 14 heavy (non-hydrogen) atoms. The maximum absolute atomic E-state index is 11.2. The molecule has 0 aliphatic rings. The fourth-order valence-corrected chi connectivity index (χ4v) is 0.993. The van der Waals surface area contributed by atoms with E-state index < -0.39 is 23.8 Å². The normalized spacial score (nSPS) is 12.1. The Kier molecular flexibility index (Phi) is 4.83. The molecule has 0 spiro atoms. The molecule has 5 heteroatoms. The van der Waals surface area contributed by atoms with Crippen LogP contribution >= 0.6 is 0 Å². The zero-order chi connectivity index (χ0) is 11.3. The number of hydrogen-bond donors (Lipinski definition) is 0. The Bertz CT molecular complexity index is 230. The van der Waals surface area contributed by atoms with Crippen LogP contribution in [0.1, 0.15) is 13.8 Å². The van der Waals surface area contributed by atoms with Gasteiger partial charge in [0, 0.05) is 5.92 Å². The molecule has 0 unspecified atom stereocenters. The van der Waals surface area contributed by atoms with E-state index in [1.54, 1.807) is 0 Å². The predicted octanol–water partition coefficient (Wildman–Crippen LogP) is 0.174. The number of rotatable bonds is 4. The molecule has 80 valence electrons. The average molecular weight is 202 g/mol. The van der Waals surface area contributed by atoms with Gasteiger partial charge in [0.15, 0.2) is 5.92 Å². The van der Waals surface area contributed by atoms with Crippen LogP contribution in [-0.4, -0.2) is 31.9 Å². The first-order chi connectivity index (χ1) is 6.45. The van der Waals surface area contributed by atoms with Crippen LogP contribution < -0.4 is 0 Å². The average Bonchev–Trinajstić information content (AvgIpc) is 2.16. The van der Waals surface area contributed by atoms with Gasteiger partial charge in [-0.2, -0.15) is 0 Å². The molecule has 0 aromatic carbocycles. The number of ketones is 1. The molecule has 5 nitrogen and oxygen atoms in total. The zero-order valence-electron chi connectivity index (χ0n) is 8.70. The molecule has 0 heterocycles. The van der Waals surface area contributed by atoms with Gasteiger partial charge >= 0.3 is 11.9 Å². The van der Waals surface area contributed by atoms with E-state index in [0.29, 0.717) is 0 Å². The van der Waals surface area contributed by atoms with Crippen molar-refractivity contribution in [2.45, 2.75) is 13.8 Å². The van der Waals surface area contributed by atoms with Crippen LogP contribution in [0.5, 0.6) is 0 Å². The van der Waals surface area contributed by atoms with Crippen LogP contribution in [0.4, 0.5) is 0 Å². The van der Waals surface area contributed by atoms with Crippen LogP contribution in [0.2, 0.25) is 0 Å². The number of methoxy groups -OCH3 is 2. The highest BCUT2D eigenvalue weighted by molar-refractivity contribution is 5.99. The Hall–Kier alpha value is -1.39. The molecule has 1 atom stereocenters. The molecule has 0 aromatic heterocycles. The van der Waals surface area contributed by atoms with Crippen LogP contribution in [0.15, 0.2) is 0 Å². The molecule has 0 amide bonds. The Morgan fingerprint density at radius 3 is 1.57 bits per heavy atom. The van der Waals surface area contributed by atoms with E-state index >= 15 is 0 Å². The van der Waals surface area contributed by atoms with Gasteiger partial charge in [0.1, 0.15) is 5.78 Å². The van der Waals surface area contributed by atoms with Gasteiger partial charge in [-0.1, -0.05) is 6.92 Å². The van der Waals surface area contributed by atoms with Gasteiger partial charge in [0.25, 0.3) is 0 Å². The number of carbonyl (C=O) groups excluding carboxylic acids is 3.